The van der Waals surface area contributed by atoms with E-state index in [2.05, 4.69) is 44.8 Å². The van der Waals surface area contributed by atoms with Crippen LogP contribution in [0.3, 0.4) is 0 Å². The molecule has 2 fully saturated rings. The minimum Gasteiger partial charge on any atom is -0.462 e. The smallest absolute Gasteiger partial charge is 0.303 e. The van der Waals surface area contributed by atoms with Crippen molar-refractivity contribution in [2.75, 3.05) is 0 Å². The first kappa shape index (κ1) is 24.1. The molecule has 0 aliphatic heterocycles. The van der Waals surface area contributed by atoms with Gasteiger partial charge in [-0.15, -0.1) is 5.92 Å². The van der Waals surface area contributed by atoms with Gasteiger partial charge in [-0.1, -0.05) is 50.0 Å². The summed E-state index contributed by atoms with van der Waals surface area (Å²) in [5.74, 6) is 7.78. The van der Waals surface area contributed by atoms with Gasteiger partial charge in [0.1, 0.15) is 6.10 Å². The molecule has 4 nitrogen and oxygen atoms in total. The van der Waals surface area contributed by atoms with E-state index in [0.717, 1.165) is 32.1 Å². The van der Waals surface area contributed by atoms with Gasteiger partial charge in [-0.25, -0.2) is 0 Å². The number of hydrogen-bond acceptors (Lipinski definition) is 4. The summed E-state index contributed by atoms with van der Waals surface area (Å²) in [6, 6.07) is 0. The minimum absolute atomic E-state index is 0.0470. The Morgan fingerprint density at radius 2 is 1.76 bits per heavy atom. The lowest BCUT2D eigenvalue weighted by atomic mass is 9.47. The first-order valence-corrected chi connectivity index (χ1v) is 12.8. The van der Waals surface area contributed by atoms with Gasteiger partial charge in [0.15, 0.2) is 6.10 Å². The van der Waals surface area contributed by atoms with E-state index in [0.29, 0.717) is 17.8 Å². The molecule has 4 aliphatic carbocycles. The Hall–Kier alpha value is -2.02. The van der Waals surface area contributed by atoms with Crippen molar-refractivity contribution in [2.24, 2.45) is 34.5 Å². The Balaban J connectivity index is 1.55. The molecule has 0 spiro atoms. The van der Waals surface area contributed by atoms with Crippen molar-refractivity contribution in [3.05, 3.63) is 23.3 Å². The molecular weight excluding hydrogens is 412 g/mol. The van der Waals surface area contributed by atoms with Crippen LogP contribution in [0.15, 0.2) is 23.3 Å². The zero-order valence-electron chi connectivity index (χ0n) is 21.2. The van der Waals surface area contributed by atoms with E-state index in [9.17, 15) is 9.59 Å². The molecule has 0 amide bonds. The second kappa shape index (κ2) is 8.97. The van der Waals surface area contributed by atoms with Crippen molar-refractivity contribution < 1.29 is 19.1 Å². The van der Waals surface area contributed by atoms with Crippen LogP contribution in [0.4, 0.5) is 0 Å². The van der Waals surface area contributed by atoms with Crippen molar-refractivity contribution in [3.8, 4) is 11.8 Å². The van der Waals surface area contributed by atoms with E-state index in [4.69, 9.17) is 9.47 Å². The largest absolute Gasteiger partial charge is 0.462 e. The summed E-state index contributed by atoms with van der Waals surface area (Å²) in [5.41, 5.74) is 3.34. The van der Waals surface area contributed by atoms with Crippen LogP contribution in [0.25, 0.3) is 0 Å². The predicted octanol–water partition coefficient (Wildman–Crippen LogP) is 6.01. The van der Waals surface area contributed by atoms with E-state index >= 15 is 0 Å². The number of hydrogen-bond donors (Lipinski definition) is 0. The highest BCUT2D eigenvalue weighted by Gasteiger charge is 2.57. The van der Waals surface area contributed by atoms with Crippen LogP contribution in [-0.2, 0) is 19.1 Å². The highest BCUT2D eigenvalue weighted by Crippen LogP contribution is 2.66. The summed E-state index contributed by atoms with van der Waals surface area (Å²) < 4.78 is 11.2. The molecular formula is C29H40O4. The first-order valence-electron chi connectivity index (χ1n) is 12.8. The Morgan fingerprint density at radius 1 is 1.03 bits per heavy atom. The van der Waals surface area contributed by atoms with Crippen LogP contribution >= 0.6 is 0 Å². The van der Waals surface area contributed by atoms with E-state index in [1.807, 2.05) is 6.92 Å². The molecule has 4 heteroatoms. The van der Waals surface area contributed by atoms with Crippen LogP contribution in [0.5, 0.6) is 0 Å². The quantitative estimate of drug-likeness (QED) is 0.298. The van der Waals surface area contributed by atoms with E-state index in [1.54, 1.807) is 0 Å². The third-order valence-corrected chi connectivity index (χ3v) is 9.56. The maximum atomic E-state index is 11.7. The molecule has 8 atom stereocenters. The van der Waals surface area contributed by atoms with Gasteiger partial charge in [-0.3, -0.25) is 9.59 Å². The summed E-state index contributed by atoms with van der Waals surface area (Å²) in [6.45, 7) is 11.9. The molecule has 0 heterocycles. The van der Waals surface area contributed by atoms with Crippen molar-refractivity contribution in [1.29, 1.82) is 0 Å². The fourth-order valence-electron chi connectivity index (χ4n) is 8.01. The fourth-order valence-corrected chi connectivity index (χ4v) is 8.01. The Morgan fingerprint density at radius 3 is 2.42 bits per heavy atom. The standard InChI is InChI=1S/C29H40O4/c1-7-8-27(33-20(4)31)18(2)24-11-12-25-23-10-9-21-17-22(32-19(3)30)13-15-28(21,5)26(23)14-16-29(24,25)6/h9,11,18,22-23,25-27H,10,12-17H2,1-6H3/t18-,22-,23-,25-,26-,27-,28-,29+/m0/s1. The van der Waals surface area contributed by atoms with Crippen LogP contribution in [0, 0.1) is 46.3 Å². The molecule has 33 heavy (non-hydrogen) atoms. The van der Waals surface area contributed by atoms with Gasteiger partial charge in [0.05, 0.1) is 0 Å². The van der Waals surface area contributed by atoms with Gasteiger partial charge < -0.3 is 9.47 Å². The van der Waals surface area contributed by atoms with Crippen molar-refractivity contribution in [2.45, 2.75) is 98.7 Å². The molecule has 4 rings (SSSR count). The molecule has 4 aliphatic rings. The summed E-state index contributed by atoms with van der Waals surface area (Å²) in [4.78, 5) is 23.2. The summed E-state index contributed by atoms with van der Waals surface area (Å²) in [5, 5.41) is 0. The molecule has 0 aromatic carbocycles. The zero-order chi connectivity index (χ0) is 24.0. The number of carbonyl (C=O) groups is 2. The molecule has 0 unspecified atom stereocenters. The third-order valence-electron chi connectivity index (χ3n) is 9.56. The summed E-state index contributed by atoms with van der Waals surface area (Å²) in [6.07, 6.45) is 12.2. The van der Waals surface area contributed by atoms with Crippen molar-refractivity contribution in [1.82, 2.24) is 0 Å². The SMILES string of the molecule is CC#C[C@H](OC(C)=O)[C@@H](C)C1=CC[C@H]2[C@@H]3CC=C4C[C@@H](OC(C)=O)CC[C@]4(C)[C@H]3CC[C@]12C. The minimum atomic E-state index is -0.376. The van der Waals surface area contributed by atoms with Crippen molar-refractivity contribution in [3.63, 3.8) is 0 Å². The Kier molecular flexibility index (Phi) is 6.56. The molecule has 2 saturated carbocycles. The van der Waals surface area contributed by atoms with E-state index in [-0.39, 0.29) is 40.9 Å². The fraction of sp³-hybridized carbons (Fsp3) is 0.724. The van der Waals surface area contributed by atoms with Crippen molar-refractivity contribution >= 4 is 11.9 Å². The van der Waals surface area contributed by atoms with Gasteiger partial charge in [0.2, 0.25) is 0 Å². The average molecular weight is 453 g/mol. The summed E-state index contributed by atoms with van der Waals surface area (Å²) in [7, 11) is 0. The Bertz CT molecular complexity index is 933. The average Bonchev–Trinajstić information content (AvgIpc) is 3.09. The number of ether oxygens (including phenoxy) is 2. The van der Waals surface area contributed by atoms with Gasteiger partial charge in [0, 0.05) is 26.2 Å². The molecule has 0 aromatic heterocycles. The number of esters is 2. The lowest BCUT2D eigenvalue weighted by Gasteiger charge is -2.58. The maximum absolute atomic E-state index is 11.7. The second-order valence-electron chi connectivity index (χ2n) is 11.3. The monoisotopic (exact) mass is 452 g/mol. The number of fused-ring (bicyclic) bond motifs is 5. The lowest BCUT2D eigenvalue weighted by molar-refractivity contribution is -0.148. The topological polar surface area (TPSA) is 52.6 Å². The predicted molar refractivity (Wildman–Crippen MR) is 129 cm³/mol. The lowest BCUT2D eigenvalue weighted by Crippen LogP contribution is -2.50. The molecule has 0 saturated heterocycles. The summed E-state index contributed by atoms with van der Waals surface area (Å²) >= 11 is 0. The molecule has 0 bridgehead atoms. The van der Waals surface area contributed by atoms with Crippen LogP contribution in [0.2, 0.25) is 0 Å². The van der Waals surface area contributed by atoms with E-state index in [1.165, 1.54) is 37.8 Å². The Labute approximate surface area is 199 Å². The van der Waals surface area contributed by atoms with Gasteiger partial charge in [-0.05, 0) is 74.0 Å². The molecule has 0 aromatic rings. The second-order valence-corrected chi connectivity index (χ2v) is 11.3. The van der Waals surface area contributed by atoms with Gasteiger partial charge in [-0.2, -0.15) is 0 Å². The van der Waals surface area contributed by atoms with Gasteiger partial charge in [0.25, 0.3) is 0 Å². The normalized spacial score (nSPS) is 38.7. The number of allylic oxidation sites excluding steroid dienone is 2. The zero-order valence-corrected chi connectivity index (χ0v) is 21.2. The highest BCUT2D eigenvalue weighted by atomic mass is 16.5. The number of carbonyl (C=O) groups excluding carboxylic acids is 2. The molecule has 180 valence electrons. The highest BCUT2D eigenvalue weighted by molar-refractivity contribution is 5.66. The first-order chi connectivity index (χ1) is 15.6. The van der Waals surface area contributed by atoms with Crippen LogP contribution in [0.1, 0.15) is 86.5 Å². The van der Waals surface area contributed by atoms with Gasteiger partial charge >= 0.3 is 11.9 Å². The third kappa shape index (κ3) is 4.17. The van der Waals surface area contributed by atoms with E-state index < -0.39 is 0 Å². The maximum Gasteiger partial charge on any atom is 0.303 e. The number of rotatable bonds is 4. The van der Waals surface area contributed by atoms with Crippen LogP contribution < -0.4 is 0 Å². The molecule has 0 radical (unpaired) electrons. The van der Waals surface area contributed by atoms with Crippen LogP contribution in [-0.4, -0.2) is 24.1 Å². The molecule has 0 N–H and O–H groups in total.